The number of aliphatic hydroxyl groups excluding tert-OH is 1. The zero-order valence-corrected chi connectivity index (χ0v) is 18.1. The summed E-state index contributed by atoms with van der Waals surface area (Å²) in [6.45, 7) is 9.41. The maximum absolute atomic E-state index is 11.3. The molecule has 2 aliphatic rings. The Morgan fingerprint density at radius 2 is 2.13 bits per heavy atom. The summed E-state index contributed by atoms with van der Waals surface area (Å²) in [5, 5.41) is 33.9. The highest BCUT2D eigenvalue weighted by atomic mass is 16.4. The van der Waals surface area contributed by atoms with Crippen LogP contribution < -0.4 is 10.6 Å². The third-order valence-electron chi connectivity index (χ3n) is 6.15. The normalized spacial score (nSPS) is 24.5. The van der Waals surface area contributed by atoms with Crippen molar-refractivity contribution in [3.63, 3.8) is 0 Å². The second kappa shape index (κ2) is 8.81. The fourth-order valence-electron chi connectivity index (χ4n) is 4.40. The van der Waals surface area contributed by atoms with Gasteiger partial charge in [0.15, 0.2) is 0 Å². The molecule has 2 fully saturated rings. The molecule has 0 aliphatic carbocycles. The number of aryl methyl sites for hydroxylation is 1. The number of aliphatic hydroxyl groups is 1. The van der Waals surface area contributed by atoms with Gasteiger partial charge in [-0.05, 0) is 56.5 Å². The van der Waals surface area contributed by atoms with Crippen LogP contribution in [0.2, 0.25) is 0 Å². The number of hydrogen-bond acceptors (Lipinski definition) is 8. The van der Waals surface area contributed by atoms with Crippen molar-refractivity contribution in [2.24, 2.45) is 0 Å². The van der Waals surface area contributed by atoms with Gasteiger partial charge >= 0.3 is 12.1 Å². The lowest BCUT2D eigenvalue weighted by Gasteiger charge is -2.38. The maximum Gasteiger partial charge on any atom is 0.407 e. The molecule has 3 heterocycles. The SMILES string of the molecule is Cc1cc(CN2CCN(C(=O)O)[C@@H](C)C2)c(C)c(Nc2nnc([C@H]3NCC[C@H]3O)o2)c1. The zero-order chi connectivity index (χ0) is 22.1. The van der Waals surface area contributed by atoms with E-state index in [-0.39, 0.29) is 12.1 Å². The van der Waals surface area contributed by atoms with Gasteiger partial charge in [0.1, 0.15) is 6.04 Å². The third-order valence-corrected chi connectivity index (χ3v) is 6.15. The smallest absolute Gasteiger partial charge is 0.407 e. The van der Waals surface area contributed by atoms with Crippen LogP contribution in [0.5, 0.6) is 0 Å². The van der Waals surface area contributed by atoms with E-state index in [2.05, 4.69) is 31.8 Å². The minimum absolute atomic E-state index is 0.0367. The van der Waals surface area contributed by atoms with Gasteiger partial charge in [0.25, 0.3) is 0 Å². The van der Waals surface area contributed by atoms with Gasteiger partial charge in [-0.2, -0.15) is 0 Å². The van der Waals surface area contributed by atoms with Crippen LogP contribution in [-0.2, 0) is 6.54 Å². The van der Waals surface area contributed by atoms with Gasteiger partial charge in [-0.25, -0.2) is 4.79 Å². The molecule has 168 valence electrons. The van der Waals surface area contributed by atoms with Crippen molar-refractivity contribution in [3.05, 3.63) is 34.7 Å². The van der Waals surface area contributed by atoms with Crippen LogP contribution in [0.1, 0.15) is 42.0 Å². The van der Waals surface area contributed by atoms with Crippen molar-refractivity contribution in [1.29, 1.82) is 0 Å². The van der Waals surface area contributed by atoms with E-state index in [1.54, 1.807) is 0 Å². The number of carbonyl (C=O) groups is 1. The van der Waals surface area contributed by atoms with Crippen LogP contribution in [0.15, 0.2) is 16.5 Å². The lowest BCUT2D eigenvalue weighted by Crippen LogP contribution is -2.53. The van der Waals surface area contributed by atoms with Crippen LogP contribution in [0.25, 0.3) is 0 Å². The van der Waals surface area contributed by atoms with Gasteiger partial charge in [-0.15, -0.1) is 5.10 Å². The Morgan fingerprint density at radius 3 is 2.81 bits per heavy atom. The predicted molar refractivity (Wildman–Crippen MR) is 114 cm³/mol. The van der Waals surface area contributed by atoms with Crippen molar-refractivity contribution in [1.82, 2.24) is 25.3 Å². The summed E-state index contributed by atoms with van der Waals surface area (Å²) in [4.78, 5) is 15.1. The van der Waals surface area contributed by atoms with Crippen molar-refractivity contribution >= 4 is 17.8 Å². The number of piperazine rings is 1. The molecule has 10 nitrogen and oxygen atoms in total. The Hall–Kier alpha value is -2.69. The second-order valence-electron chi connectivity index (χ2n) is 8.51. The van der Waals surface area contributed by atoms with Crippen LogP contribution in [-0.4, -0.2) is 74.6 Å². The lowest BCUT2D eigenvalue weighted by atomic mass is 10.0. The first-order chi connectivity index (χ1) is 14.8. The summed E-state index contributed by atoms with van der Waals surface area (Å²) in [7, 11) is 0. The number of amides is 1. The summed E-state index contributed by atoms with van der Waals surface area (Å²) in [5.74, 6) is 0.378. The lowest BCUT2D eigenvalue weighted by molar-refractivity contribution is 0.0710. The highest BCUT2D eigenvalue weighted by Crippen LogP contribution is 2.28. The van der Waals surface area contributed by atoms with Crippen LogP contribution in [0, 0.1) is 13.8 Å². The fraction of sp³-hybridized carbons (Fsp3) is 0.571. The Morgan fingerprint density at radius 1 is 1.32 bits per heavy atom. The minimum atomic E-state index is -0.857. The van der Waals surface area contributed by atoms with E-state index in [9.17, 15) is 15.0 Å². The molecule has 0 saturated carbocycles. The van der Waals surface area contributed by atoms with Crippen molar-refractivity contribution in [2.45, 2.75) is 51.9 Å². The average molecular weight is 431 g/mol. The molecule has 2 aromatic rings. The molecular weight excluding hydrogens is 400 g/mol. The molecule has 2 aliphatic heterocycles. The van der Waals surface area contributed by atoms with Gasteiger partial charge in [0.05, 0.1) is 6.10 Å². The molecule has 1 amide bonds. The first kappa shape index (κ1) is 21.5. The Labute approximate surface area is 181 Å². The van der Waals surface area contributed by atoms with Crippen molar-refractivity contribution in [2.75, 3.05) is 31.5 Å². The first-order valence-corrected chi connectivity index (χ1v) is 10.7. The third kappa shape index (κ3) is 4.65. The molecule has 31 heavy (non-hydrogen) atoms. The summed E-state index contributed by atoms with van der Waals surface area (Å²) in [6, 6.07) is 4.12. The van der Waals surface area contributed by atoms with E-state index in [1.165, 1.54) is 10.5 Å². The highest BCUT2D eigenvalue weighted by Gasteiger charge is 2.31. The minimum Gasteiger partial charge on any atom is -0.465 e. The first-order valence-electron chi connectivity index (χ1n) is 10.7. The van der Waals surface area contributed by atoms with E-state index in [4.69, 9.17) is 4.42 Å². The molecule has 4 rings (SSSR count). The van der Waals surface area contributed by atoms with E-state index in [0.29, 0.717) is 38.0 Å². The molecule has 1 aromatic heterocycles. The van der Waals surface area contributed by atoms with Gasteiger partial charge in [0, 0.05) is 37.9 Å². The Bertz CT molecular complexity index is 948. The molecule has 3 atom stereocenters. The van der Waals surface area contributed by atoms with E-state index in [1.807, 2.05) is 26.8 Å². The number of nitrogens with zero attached hydrogens (tertiary/aromatic N) is 4. The molecule has 0 bridgehead atoms. The number of carboxylic acid groups (broad SMARTS) is 1. The van der Waals surface area contributed by atoms with E-state index >= 15 is 0 Å². The standard InChI is InChI=1S/C21H30N6O4/c1-12-8-15(11-26-6-7-27(21(29)30)13(2)10-26)14(3)16(9-12)23-20-25-24-19(31-20)18-17(28)4-5-22-18/h8-9,13,17-18,22,28H,4-7,10-11H2,1-3H3,(H,23,25)(H,29,30)/t13-,17+,18-/m0/s1. The van der Waals surface area contributed by atoms with E-state index in [0.717, 1.165) is 29.9 Å². The van der Waals surface area contributed by atoms with Gasteiger partial charge in [-0.1, -0.05) is 11.2 Å². The monoisotopic (exact) mass is 430 g/mol. The van der Waals surface area contributed by atoms with Crippen LogP contribution in [0.4, 0.5) is 16.5 Å². The summed E-state index contributed by atoms with van der Waals surface area (Å²) >= 11 is 0. The summed E-state index contributed by atoms with van der Waals surface area (Å²) < 4.78 is 5.75. The van der Waals surface area contributed by atoms with Crippen LogP contribution in [0.3, 0.4) is 0 Å². The summed E-state index contributed by atoms with van der Waals surface area (Å²) in [5.41, 5.74) is 4.25. The number of rotatable bonds is 5. The molecule has 0 unspecified atom stereocenters. The molecule has 0 spiro atoms. The zero-order valence-electron chi connectivity index (χ0n) is 18.1. The summed E-state index contributed by atoms with van der Waals surface area (Å²) in [6.07, 6.45) is -0.718. The van der Waals surface area contributed by atoms with Gasteiger partial charge in [0.2, 0.25) is 5.89 Å². The van der Waals surface area contributed by atoms with E-state index < -0.39 is 12.2 Å². The molecule has 10 heteroatoms. The largest absolute Gasteiger partial charge is 0.465 e. The number of hydrogen-bond donors (Lipinski definition) is 4. The van der Waals surface area contributed by atoms with Crippen LogP contribution >= 0.6 is 0 Å². The Balaban J connectivity index is 1.47. The second-order valence-corrected chi connectivity index (χ2v) is 8.51. The number of aromatic nitrogens is 2. The molecular formula is C21H30N6O4. The molecule has 0 radical (unpaired) electrons. The average Bonchev–Trinajstić information content (AvgIpc) is 3.33. The Kier molecular flexibility index (Phi) is 6.12. The number of benzene rings is 1. The van der Waals surface area contributed by atoms with Crippen molar-refractivity contribution < 1.29 is 19.4 Å². The number of anilines is 2. The predicted octanol–water partition coefficient (Wildman–Crippen LogP) is 2.01. The molecule has 1 aromatic carbocycles. The van der Waals surface area contributed by atoms with Crippen molar-refractivity contribution in [3.8, 4) is 0 Å². The topological polar surface area (TPSA) is 127 Å². The number of nitrogens with one attached hydrogen (secondary N) is 2. The highest BCUT2D eigenvalue weighted by molar-refractivity contribution is 5.65. The van der Waals surface area contributed by atoms with Gasteiger partial charge in [-0.3, -0.25) is 4.90 Å². The fourth-order valence-corrected chi connectivity index (χ4v) is 4.40. The quantitative estimate of drug-likeness (QED) is 0.563. The van der Waals surface area contributed by atoms with Gasteiger partial charge < -0.3 is 30.2 Å². The molecule has 4 N–H and O–H groups in total. The maximum atomic E-state index is 11.3. The molecule has 2 saturated heterocycles.